The van der Waals surface area contributed by atoms with Gasteiger partial charge in [-0.2, -0.15) is 0 Å². The summed E-state index contributed by atoms with van der Waals surface area (Å²) in [5.41, 5.74) is 1.43. The molecule has 0 saturated heterocycles. The Morgan fingerprint density at radius 1 is 1.05 bits per heavy atom. The molecule has 22 heavy (non-hydrogen) atoms. The van der Waals surface area contributed by atoms with E-state index in [1.165, 1.54) is 18.2 Å². The van der Waals surface area contributed by atoms with Crippen LogP contribution in [0.15, 0.2) is 41.3 Å². The van der Waals surface area contributed by atoms with Crippen LogP contribution in [0.1, 0.15) is 15.9 Å². The van der Waals surface area contributed by atoms with Gasteiger partial charge in [0.15, 0.2) is 9.84 Å². The van der Waals surface area contributed by atoms with Crippen molar-refractivity contribution < 1.29 is 13.2 Å². The number of hydrogen-bond donors (Lipinski definition) is 1. The Morgan fingerprint density at radius 2 is 1.73 bits per heavy atom. The molecule has 0 atom stereocenters. The first-order valence-corrected chi connectivity index (χ1v) is 8.90. The lowest BCUT2D eigenvalue weighted by Gasteiger charge is -2.10. The smallest absolute Gasteiger partial charge is 0.255 e. The van der Waals surface area contributed by atoms with E-state index in [1.54, 1.807) is 25.1 Å². The number of aryl methyl sites for hydroxylation is 1. The van der Waals surface area contributed by atoms with Crippen molar-refractivity contribution in [2.45, 2.75) is 11.8 Å². The van der Waals surface area contributed by atoms with Gasteiger partial charge >= 0.3 is 0 Å². The second kappa shape index (κ2) is 6.28. The number of carbonyl (C=O) groups is 1. The van der Waals surface area contributed by atoms with Gasteiger partial charge in [0, 0.05) is 17.5 Å². The Labute approximate surface area is 139 Å². The first kappa shape index (κ1) is 16.8. The third kappa shape index (κ3) is 3.80. The minimum Gasteiger partial charge on any atom is -0.322 e. The summed E-state index contributed by atoms with van der Waals surface area (Å²) < 4.78 is 23.2. The normalized spacial score (nSPS) is 11.3. The zero-order valence-electron chi connectivity index (χ0n) is 11.9. The number of hydrogen-bond acceptors (Lipinski definition) is 3. The van der Waals surface area contributed by atoms with Gasteiger partial charge in [0.25, 0.3) is 5.91 Å². The van der Waals surface area contributed by atoms with E-state index in [4.69, 9.17) is 23.2 Å². The van der Waals surface area contributed by atoms with E-state index in [-0.39, 0.29) is 10.5 Å². The van der Waals surface area contributed by atoms with Crippen LogP contribution < -0.4 is 5.32 Å². The molecule has 0 bridgehead atoms. The van der Waals surface area contributed by atoms with Crippen molar-refractivity contribution in [3.8, 4) is 0 Å². The van der Waals surface area contributed by atoms with Gasteiger partial charge in [-0.3, -0.25) is 4.79 Å². The first-order chi connectivity index (χ1) is 10.2. The predicted octanol–water partition coefficient (Wildman–Crippen LogP) is 3.96. The fourth-order valence-electron chi connectivity index (χ4n) is 1.85. The maximum Gasteiger partial charge on any atom is 0.255 e. The number of rotatable bonds is 3. The fourth-order valence-corrected chi connectivity index (χ4v) is 2.79. The van der Waals surface area contributed by atoms with E-state index < -0.39 is 15.7 Å². The van der Waals surface area contributed by atoms with Gasteiger partial charge in [0.05, 0.1) is 14.9 Å². The lowest BCUT2D eigenvalue weighted by Crippen LogP contribution is -2.14. The van der Waals surface area contributed by atoms with E-state index in [9.17, 15) is 13.2 Å². The summed E-state index contributed by atoms with van der Waals surface area (Å²) in [6, 6.07) is 9.14. The molecule has 0 aliphatic rings. The second-order valence-electron chi connectivity index (χ2n) is 4.83. The number of nitrogens with one attached hydrogen (secondary N) is 1. The Hall–Kier alpha value is -1.56. The molecule has 116 valence electrons. The molecule has 2 aromatic rings. The van der Waals surface area contributed by atoms with Crippen LogP contribution in [0.4, 0.5) is 5.69 Å². The number of carbonyl (C=O) groups excluding carboxylic acids is 1. The van der Waals surface area contributed by atoms with Crippen molar-refractivity contribution in [1.29, 1.82) is 0 Å². The lowest BCUT2D eigenvalue weighted by molar-refractivity contribution is 0.102. The quantitative estimate of drug-likeness (QED) is 0.903. The van der Waals surface area contributed by atoms with Crippen LogP contribution in [0.5, 0.6) is 0 Å². The third-order valence-electron chi connectivity index (χ3n) is 3.06. The summed E-state index contributed by atoms with van der Waals surface area (Å²) in [7, 11) is -3.38. The van der Waals surface area contributed by atoms with Gasteiger partial charge in [-0.05, 0) is 42.8 Å². The molecule has 0 unspecified atom stereocenters. The van der Waals surface area contributed by atoms with Crippen LogP contribution in [0.3, 0.4) is 0 Å². The topological polar surface area (TPSA) is 63.2 Å². The van der Waals surface area contributed by atoms with Gasteiger partial charge in [-0.15, -0.1) is 0 Å². The van der Waals surface area contributed by atoms with Gasteiger partial charge in [0.1, 0.15) is 0 Å². The SMILES string of the molecule is Cc1ccc(S(C)(=O)=O)cc1C(=O)Nc1ccc(Cl)c(Cl)c1. The van der Waals surface area contributed by atoms with E-state index in [0.717, 1.165) is 6.26 Å². The molecule has 0 aliphatic carbocycles. The standard InChI is InChI=1S/C15H13Cl2NO3S/c1-9-3-5-11(22(2,20)21)8-12(9)15(19)18-10-4-6-13(16)14(17)7-10/h3-8H,1-2H3,(H,18,19). The van der Waals surface area contributed by atoms with Crippen LogP contribution in [-0.2, 0) is 9.84 Å². The molecule has 0 aliphatic heterocycles. The van der Waals surface area contributed by atoms with Crippen LogP contribution in [-0.4, -0.2) is 20.6 Å². The Morgan fingerprint density at radius 3 is 2.32 bits per heavy atom. The predicted molar refractivity (Wildman–Crippen MR) is 88.7 cm³/mol. The average Bonchev–Trinajstić information content (AvgIpc) is 2.42. The number of amides is 1. The zero-order valence-corrected chi connectivity index (χ0v) is 14.2. The Kier molecular flexibility index (Phi) is 4.80. The van der Waals surface area contributed by atoms with Crippen molar-refractivity contribution in [3.05, 3.63) is 57.6 Å². The largest absolute Gasteiger partial charge is 0.322 e. The monoisotopic (exact) mass is 357 g/mol. The van der Waals surface area contributed by atoms with Gasteiger partial charge < -0.3 is 5.32 Å². The number of sulfone groups is 1. The molecule has 0 aromatic heterocycles. The zero-order chi connectivity index (χ0) is 16.5. The summed E-state index contributed by atoms with van der Waals surface area (Å²) in [4.78, 5) is 12.4. The molecular formula is C15H13Cl2NO3S. The van der Waals surface area contributed by atoms with Crippen molar-refractivity contribution in [2.24, 2.45) is 0 Å². The third-order valence-corrected chi connectivity index (χ3v) is 4.91. The van der Waals surface area contributed by atoms with Crippen molar-refractivity contribution in [3.63, 3.8) is 0 Å². The molecular weight excluding hydrogens is 345 g/mol. The highest BCUT2D eigenvalue weighted by molar-refractivity contribution is 7.90. The molecule has 0 fully saturated rings. The Bertz CT molecular complexity index is 848. The molecule has 0 saturated carbocycles. The van der Waals surface area contributed by atoms with Crippen molar-refractivity contribution >= 4 is 44.6 Å². The molecule has 0 spiro atoms. The van der Waals surface area contributed by atoms with Crippen LogP contribution in [0.2, 0.25) is 10.0 Å². The van der Waals surface area contributed by atoms with Crippen LogP contribution in [0, 0.1) is 6.92 Å². The van der Waals surface area contributed by atoms with Gasteiger partial charge in [-0.25, -0.2) is 8.42 Å². The highest BCUT2D eigenvalue weighted by Crippen LogP contribution is 2.25. The highest BCUT2D eigenvalue weighted by Gasteiger charge is 2.15. The molecule has 1 amide bonds. The van der Waals surface area contributed by atoms with E-state index in [1.807, 2.05) is 0 Å². The maximum absolute atomic E-state index is 12.3. The van der Waals surface area contributed by atoms with E-state index in [2.05, 4.69) is 5.32 Å². The second-order valence-corrected chi connectivity index (χ2v) is 7.66. The first-order valence-electron chi connectivity index (χ1n) is 6.25. The Balaban J connectivity index is 2.35. The summed E-state index contributed by atoms with van der Waals surface area (Å²) >= 11 is 11.7. The summed E-state index contributed by atoms with van der Waals surface area (Å²) in [6.07, 6.45) is 1.10. The van der Waals surface area contributed by atoms with Gasteiger partial charge in [-0.1, -0.05) is 29.3 Å². The maximum atomic E-state index is 12.3. The molecule has 1 N–H and O–H groups in total. The number of anilines is 1. The minimum atomic E-state index is -3.38. The summed E-state index contributed by atoms with van der Waals surface area (Å²) in [5, 5.41) is 3.37. The average molecular weight is 358 g/mol. The van der Waals surface area contributed by atoms with Crippen LogP contribution >= 0.6 is 23.2 Å². The molecule has 2 rings (SSSR count). The summed E-state index contributed by atoms with van der Waals surface area (Å²) in [5.74, 6) is -0.415. The van der Waals surface area contributed by atoms with E-state index in [0.29, 0.717) is 21.3 Å². The molecule has 4 nitrogen and oxygen atoms in total. The number of benzene rings is 2. The van der Waals surface area contributed by atoms with Crippen LogP contribution in [0.25, 0.3) is 0 Å². The number of halogens is 2. The molecule has 7 heteroatoms. The van der Waals surface area contributed by atoms with Crippen molar-refractivity contribution in [1.82, 2.24) is 0 Å². The molecule has 2 aromatic carbocycles. The lowest BCUT2D eigenvalue weighted by atomic mass is 10.1. The highest BCUT2D eigenvalue weighted by atomic mass is 35.5. The van der Waals surface area contributed by atoms with Gasteiger partial charge in [0.2, 0.25) is 0 Å². The summed E-state index contributed by atoms with van der Waals surface area (Å²) in [6.45, 7) is 1.73. The molecule has 0 heterocycles. The fraction of sp³-hybridized carbons (Fsp3) is 0.133. The molecule has 0 radical (unpaired) electrons. The van der Waals surface area contributed by atoms with Crippen molar-refractivity contribution in [2.75, 3.05) is 11.6 Å². The minimum absolute atomic E-state index is 0.0948. The van der Waals surface area contributed by atoms with E-state index >= 15 is 0 Å².